The van der Waals surface area contributed by atoms with Gasteiger partial charge in [0.15, 0.2) is 0 Å². The number of ether oxygens (including phenoxy) is 1. The maximum absolute atomic E-state index is 5.03. The number of pyridine rings is 1. The van der Waals surface area contributed by atoms with E-state index in [2.05, 4.69) is 56.3 Å². The third kappa shape index (κ3) is 5.36. The van der Waals surface area contributed by atoms with Crippen LogP contribution in [0.25, 0.3) is 0 Å². The molecule has 0 radical (unpaired) electrons. The Morgan fingerprint density at radius 1 is 0.840 bits per heavy atom. The molecule has 0 N–H and O–H groups in total. The summed E-state index contributed by atoms with van der Waals surface area (Å²) < 4.78 is 5.03. The topological polar surface area (TPSA) is 51.1 Å². The van der Waals surface area contributed by atoms with E-state index in [1.54, 1.807) is 7.11 Å². The summed E-state index contributed by atoms with van der Waals surface area (Å²) in [7, 11) is 1.57. The van der Waals surface area contributed by atoms with E-state index in [9.17, 15) is 0 Å². The minimum Gasteiger partial charge on any atom is -0.467 e. The van der Waals surface area contributed by atoms with Crippen LogP contribution < -0.4 is 4.74 Å². The van der Waals surface area contributed by atoms with Crippen LogP contribution in [0.5, 0.6) is 6.01 Å². The van der Waals surface area contributed by atoms with E-state index in [0.717, 1.165) is 31.6 Å². The molecule has 0 amide bonds. The smallest absolute Gasteiger partial charge is 0.316 e. The predicted molar refractivity (Wildman–Crippen MR) is 97.1 cm³/mol. The van der Waals surface area contributed by atoms with Gasteiger partial charge in [0, 0.05) is 50.0 Å². The normalized spacial score (nSPS) is 10.8. The molecule has 1 aromatic carbocycles. The Labute approximate surface area is 148 Å². The summed E-state index contributed by atoms with van der Waals surface area (Å²) in [5.41, 5.74) is 3.66. The second kappa shape index (κ2) is 8.89. The van der Waals surface area contributed by atoms with Gasteiger partial charge >= 0.3 is 6.01 Å². The maximum atomic E-state index is 5.03. The fraction of sp³-hybridized carbons (Fsp3) is 0.250. The van der Waals surface area contributed by atoms with Crippen molar-refractivity contribution in [2.75, 3.05) is 13.7 Å². The number of benzene rings is 1. The van der Waals surface area contributed by atoms with E-state index >= 15 is 0 Å². The minimum absolute atomic E-state index is 0.397. The van der Waals surface area contributed by atoms with Crippen LogP contribution in [-0.2, 0) is 19.5 Å². The molecule has 3 aromatic rings. The molecule has 0 aliphatic heterocycles. The summed E-state index contributed by atoms with van der Waals surface area (Å²) in [6.45, 7) is 2.61. The van der Waals surface area contributed by atoms with Gasteiger partial charge in [-0.05, 0) is 29.7 Å². The maximum Gasteiger partial charge on any atom is 0.316 e. The molecule has 5 nitrogen and oxygen atoms in total. The van der Waals surface area contributed by atoms with Crippen molar-refractivity contribution < 1.29 is 4.74 Å². The van der Waals surface area contributed by atoms with Crippen LogP contribution in [0.15, 0.2) is 67.3 Å². The molecule has 0 bridgehead atoms. The zero-order valence-electron chi connectivity index (χ0n) is 14.4. The van der Waals surface area contributed by atoms with E-state index in [0.29, 0.717) is 6.01 Å². The molecular formula is C20H22N4O. The van der Waals surface area contributed by atoms with Gasteiger partial charge in [-0.2, -0.15) is 0 Å². The van der Waals surface area contributed by atoms with Crippen molar-refractivity contribution in [1.82, 2.24) is 19.9 Å². The number of nitrogens with zero attached hydrogens (tertiary/aromatic N) is 4. The molecule has 0 saturated heterocycles. The van der Waals surface area contributed by atoms with E-state index in [1.807, 2.05) is 30.9 Å². The lowest BCUT2D eigenvalue weighted by molar-refractivity contribution is 0.259. The van der Waals surface area contributed by atoms with Crippen molar-refractivity contribution in [1.29, 1.82) is 0 Å². The number of hydrogen-bond acceptors (Lipinski definition) is 5. The first-order valence-electron chi connectivity index (χ1n) is 8.33. The van der Waals surface area contributed by atoms with E-state index in [-0.39, 0.29) is 0 Å². The number of methoxy groups -OCH3 is 1. The van der Waals surface area contributed by atoms with E-state index < -0.39 is 0 Å². The van der Waals surface area contributed by atoms with Crippen molar-refractivity contribution in [2.45, 2.75) is 19.5 Å². The van der Waals surface area contributed by atoms with Crippen LogP contribution in [0, 0.1) is 0 Å². The monoisotopic (exact) mass is 334 g/mol. The molecule has 0 atom stereocenters. The largest absolute Gasteiger partial charge is 0.467 e. The first-order valence-corrected chi connectivity index (χ1v) is 8.33. The van der Waals surface area contributed by atoms with E-state index in [1.165, 1.54) is 11.1 Å². The molecule has 0 saturated carbocycles. The van der Waals surface area contributed by atoms with Gasteiger partial charge < -0.3 is 4.74 Å². The molecule has 2 aromatic heterocycles. The summed E-state index contributed by atoms with van der Waals surface area (Å²) >= 11 is 0. The highest BCUT2D eigenvalue weighted by Crippen LogP contribution is 2.11. The number of hydrogen-bond donors (Lipinski definition) is 0. The van der Waals surface area contributed by atoms with Gasteiger partial charge in [0.2, 0.25) is 0 Å². The summed E-state index contributed by atoms with van der Waals surface area (Å²) in [4.78, 5) is 14.9. The zero-order chi connectivity index (χ0) is 17.3. The second-order valence-electron chi connectivity index (χ2n) is 5.88. The van der Waals surface area contributed by atoms with Gasteiger partial charge in [0.25, 0.3) is 0 Å². The van der Waals surface area contributed by atoms with Gasteiger partial charge in [-0.15, -0.1) is 0 Å². The van der Waals surface area contributed by atoms with Gasteiger partial charge in [-0.1, -0.05) is 30.3 Å². The van der Waals surface area contributed by atoms with Crippen LogP contribution in [0.4, 0.5) is 0 Å². The summed E-state index contributed by atoms with van der Waals surface area (Å²) in [6, 6.07) is 15.1. The van der Waals surface area contributed by atoms with Crippen molar-refractivity contribution >= 4 is 0 Å². The highest BCUT2D eigenvalue weighted by atomic mass is 16.5. The summed E-state index contributed by atoms with van der Waals surface area (Å²) in [5.74, 6) is 0. The zero-order valence-corrected chi connectivity index (χ0v) is 14.4. The average Bonchev–Trinajstić information content (AvgIpc) is 2.68. The van der Waals surface area contributed by atoms with Crippen molar-refractivity contribution in [3.63, 3.8) is 0 Å². The molecule has 5 heteroatoms. The average molecular weight is 334 g/mol. The molecule has 0 aliphatic carbocycles. The number of rotatable bonds is 8. The molecule has 2 heterocycles. The molecular weight excluding hydrogens is 312 g/mol. The van der Waals surface area contributed by atoms with Crippen molar-refractivity contribution in [3.8, 4) is 6.01 Å². The van der Waals surface area contributed by atoms with Gasteiger partial charge in [0.05, 0.1) is 7.11 Å². The fourth-order valence-corrected chi connectivity index (χ4v) is 2.68. The second-order valence-corrected chi connectivity index (χ2v) is 5.88. The third-order valence-corrected chi connectivity index (χ3v) is 3.99. The first-order chi connectivity index (χ1) is 12.3. The van der Waals surface area contributed by atoms with Crippen LogP contribution in [0.2, 0.25) is 0 Å². The van der Waals surface area contributed by atoms with Gasteiger partial charge in [0.1, 0.15) is 0 Å². The molecule has 3 rings (SSSR count). The molecule has 128 valence electrons. The Balaban J connectivity index is 1.68. The van der Waals surface area contributed by atoms with Crippen LogP contribution >= 0.6 is 0 Å². The van der Waals surface area contributed by atoms with Gasteiger partial charge in [-0.3, -0.25) is 9.88 Å². The lowest BCUT2D eigenvalue weighted by atomic mass is 10.1. The van der Waals surface area contributed by atoms with Crippen LogP contribution in [0.1, 0.15) is 16.7 Å². The Morgan fingerprint density at radius 2 is 1.52 bits per heavy atom. The molecule has 0 fully saturated rings. The molecule has 0 spiro atoms. The summed E-state index contributed by atoms with van der Waals surface area (Å²) in [5, 5.41) is 0. The highest BCUT2D eigenvalue weighted by Gasteiger charge is 2.09. The lowest BCUT2D eigenvalue weighted by Gasteiger charge is -2.22. The fourth-order valence-electron chi connectivity index (χ4n) is 2.68. The SMILES string of the molecule is COc1ncc(CN(CCc2ccccc2)Cc2ccncc2)cn1. The van der Waals surface area contributed by atoms with Crippen LogP contribution in [-0.4, -0.2) is 33.5 Å². The quantitative estimate of drug-likeness (QED) is 0.633. The highest BCUT2D eigenvalue weighted by molar-refractivity contribution is 5.16. The molecule has 0 unspecified atom stereocenters. The third-order valence-electron chi connectivity index (χ3n) is 3.99. The van der Waals surface area contributed by atoms with Gasteiger partial charge in [-0.25, -0.2) is 9.97 Å². The van der Waals surface area contributed by atoms with Crippen molar-refractivity contribution in [3.05, 3.63) is 83.9 Å². The summed E-state index contributed by atoms with van der Waals surface area (Å²) in [6.07, 6.45) is 8.33. The minimum atomic E-state index is 0.397. The van der Waals surface area contributed by atoms with Crippen molar-refractivity contribution in [2.24, 2.45) is 0 Å². The van der Waals surface area contributed by atoms with E-state index in [4.69, 9.17) is 4.74 Å². The lowest BCUT2D eigenvalue weighted by Crippen LogP contribution is -2.25. The first kappa shape index (κ1) is 17.0. The van der Waals surface area contributed by atoms with Crippen LogP contribution in [0.3, 0.4) is 0 Å². The Hall–Kier alpha value is -2.79. The molecule has 25 heavy (non-hydrogen) atoms. The standard InChI is InChI=1S/C20H22N4O/c1-25-20-22-13-19(14-23-20)16-24(15-18-7-10-21-11-8-18)12-9-17-5-3-2-4-6-17/h2-8,10-11,13-14H,9,12,15-16H2,1H3. The Morgan fingerprint density at radius 3 is 2.20 bits per heavy atom. The molecule has 0 aliphatic rings. The Bertz CT molecular complexity index is 748. The predicted octanol–water partition coefficient (Wildman–Crippen LogP) is 3.13. The number of aromatic nitrogens is 3. The Kier molecular flexibility index (Phi) is 6.06.